The van der Waals surface area contributed by atoms with E-state index in [9.17, 15) is 4.79 Å². The minimum atomic E-state index is -0.955. The molecule has 0 aliphatic carbocycles. The van der Waals surface area contributed by atoms with Gasteiger partial charge in [-0.15, -0.1) is 0 Å². The van der Waals surface area contributed by atoms with E-state index in [0.29, 0.717) is 18.1 Å². The van der Waals surface area contributed by atoms with Crippen LogP contribution in [-0.4, -0.2) is 42.0 Å². The lowest BCUT2D eigenvalue weighted by Crippen LogP contribution is -2.20. The summed E-state index contributed by atoms with van der Waals surface area (Å²) in [6, 6.07) is 3.34. The Morgan fingerprint density at radius 2 is 2.47 bits per heavy atom. The molecule has 1 aliphatic heterocycles. The van der Waals surface area contributed by atoms with E-state index >= 15 is 0 Å². The molecule has 1 aromatic heterocycles. The van der Waals surface area contributed by atoms with Crippen molar-refractivity contribution in [2.24, 2.45) is 0 Å². The third kappa shape index (κ3) is 2.85. The van der Waals surface area contributed by atoms with Crippen LogP contribution in [0.3, 0.4) is 0 Å². The van der Waals surface area contributed by atoms with Crippen molar-refractivity contribution in [3.8, 4) is 11.6 Å². The van der Waals surface area contributed by atoms with Crippen molar-refractivity contribution in [3.63, 3.8) is 0 Å². The Balaban J connectivity index is 1.95. The van der Waals surface area contributed by atoms with E-state index in [0.717, 1.165) is 0 Å². The second kappa shape index (κ2) is 5.01. The summed E-state index contributed by atoms with van der Waals surface area (Å²) in [7, 11) is 1.52. The number of carbonyl (C=O) groups is 1. The average Bonchev–Trinajstić information content (AvgIpc) is 2.78. The van der Waals surface area contributed by atoms with Crippen molar-refractivity contribution in [3.05, 3.63) is 18.3 Å². The molecule has 1 fully saturated rings. The van der Waals surface area contributed by atoms with Gasteiger partial charge in [-0.2, -0.15) is 0 Å². The number of methoxy groups -OCH3 is 1. The van der Waals surface area contributed by atoms with Gasteiger partial charge in [0.15, 0.2) is 6.10 Å². The molecule has 2 heterocycles. The van der Waals surface area contributed by atoms with Crippen LogP contribution in [0.25, 0.3) is 0 Å². The average molecular weight is 239 g/mol. The first-order valence-corrected chi connectivity index (χ1v) is 5.20. The smallest absolute Gasteiger partial charge is 0.332 e. The van der Waals surface area contributed by atoms with Crippen molar-refractivity contribution in [2.45, 2.75) is 18.6 Å². The molecular formula is C11H13NO5. The molecule has 0 aromatic carbocycles. The SMILES string of the molecule is COc1cc(O[C@H]2CO[C@H](C(=O)O)C2)ccn1. The monoisotopic (exact) mass is 239 g/mol. The lowest BCUT2D eigenvalue weighted by molar-refractivity contribution is -0.147. The molecule has 1 aromatic rings. The van der Waals surface area contributed by atoms with Crippen LogP contribution < -0.4 is 9.47 Å². The van der Waals surface area contributed by atoms with Crippen LogP contribution in [0.4, 0.5) is 0 Å². The number of hydrogen-bond donors (Lipinski definition) is 1. The summed E-state index contributed by atoms with van der Waals surface area (Å²) >= 11 is 0. The van der Waals surface area contributed by atoms with E-state index < -0.39 is 12.1 Å². The first-order chi connectivity index (χ1) is 8.19. The number of nitrogens with zero attached hydrogens (tertiary/aromatic N) is 1. The second-order valence-corrected chi connectivity index (χ2v) is 3.67. The first-order valence-electron chi connectivity index (χ1n) is 5.20. The molecule has 0 amide bonds. The number of hydrogen-bond acceptors (Lipinski definition) is 5. The molecule has 0 spiro atoms. The molecule has 2 atom stereocenters. The molecule has 1 saturated heterocycles. The topological polar surface area (TPSA) is 77.9 Å². The quantitative estimate of drug-likeness (QED) is 0.833. The van der Waals surface area contributed by atoms with Gasteiger partial charge in [-0.3, -0.25) is 0 Å². The summed E-state index contributed by atoms with van der Waals surface area (Å²) in [6.07, 6.45) is 0.894. The Labute approximate surface area is 98.1 Å². The van der Waals surface area contributed by atoms with Gasteiger partial charge in [0.25, 0.3) is 0 Å². The van der Waals surface area contributed by atoms with Gasteiger partial charge < -0.3 is 19.3 Å². The molecule has 6 nitrogen and oxygen atoms in total. The maximum atomic E-state index is 10.7. The Bertz CT molecular complexity index is 409. The number of ether oxygens (including phenoxy) is 3. The molecule has 0 saturated carbocycles. The fraction of sp³-hybridized carbons (Fsp3) is 0.455. The summed E-state index contributed by atoms with van der Waals surface area (Å²) < 4.78 is 15.6. The van der Waals surface area contributed by atoms with Crippen molar-refractivity contribution >= 4 is 5.97 Å². The molecule has 1 aliphatic rings. The van der Waals surface area contributed by atoms with Crippen LogP contribution in [0.5, 0.6) is 11.6 Å². The molecule has 6 heteroatoms. The summed E-state index contributed by atoms with van der Waals surface area (Å²) in [4.78, 5) is 14.6. The zero-order valence-electron chi connectivity index (χ0n) is 9.33. The lowest BCUT2D eigenvalue weighted by atomic mass is 10.2. The van der Waals surface area contributed by atoms with E-state index in [4.69, 9.17) is 19.3 Å². The number of rotatable bonds is 4. The van der Waals surface area contributed by atoms with Gasteiger partial charge in [-0.05, 0) is 6.07 Å². The highest BCUT2D eigenvalue weighted by Crippen LogP contribution is 2.22. The van der Waals surface area contributed by atoms with Crippen LogP contribution in [0.1, 0.15) is 6.42 Å². The molecule has 0 unspecified atom stereocenters. The Kier molecular flexibility index (Phi) is 3.43. The largest absolute Gasteiger partial charge is 0.488 e. The van der Waals surface area contributed by atoms with E-state index in [1.807, 2.05) is 0 Å². The summed E-state index contributed by atoms with van der Waals surface area (Å²) in [5.74, 6) is 0.0936. The lowest BCUT2D eigenvalue weighted by Gasteiger charge is -2.11. The van der Waals surface area contributed by atoms with E-state index in [1.54, 1.807) is 18.3 Å². The third-order valence-electron chi connectivity index (χ3n) is 2.45. The molecule has 17 heavy (non-hydrogen) atoms. The molecule has 0 bridgehead atoms. The van der Waals surface area contributed by atoms with Gasteiger partial charge >= 0.3 is 5.97 Å². The Hall–Kier alpha value is -1.82. The minimum absolute atomic E-state index is 0.247. The molecule has 2 rings (SSSR count). The van der Waals surface area contributed by atoms with Crippen molar-refractivity contribution in [1.82, 2.24) is 4.98 Å². The van der Waals surface area contributed by atoms with Gasteiger partial charge in [0.05, 0.1) is 13.7 Å². The predicted octanol–water partition coefficient (Wildman–Crippen LogP) is 0.711. The van der Waals surface area contributed by atoms with Gasteiger partial charge in [-0.25, -0.2) is 9.78 Å². The van der Waals surface area contributed by atoms with Crippen molar-refractivity contribution in [2.75, 3.05) is 13.7 Å². The zero-order chi connectivity index (χ0) is 12.3. The third-order valence-corrected chi connectivity index (χ3v) is 2.45. The van der Waals surface area contributed by atoms with Gasteiger partial charge in [-0.1, -0.05) is 0 Å². The van der Waals surface area contributed by atoms with E-state index in [1.165, 1.54) is 7.11 Å². The number of pyridine rings is 1. The number of aliphatic carboxylic acids is 1. The molecule has 92 valence electrons. The Morgan fingerprint density at radius 1 is 1.65 bits per heavy atom. The van der Waals surface area contributed by atoms with Crippen LogP contribution in [0.15, 0.2) is 18.3 Å². The predicted molar refractivity (Wildman–Crippen MR) is 57.2 cm³/mol. The standard InChI is InChI=1S/C11H13NO5/c1-15-10-5-7(2-3-12-10)17-8-4-9(11(13)14)16-6-8/h2-3,5,8-9H,4,6H2,1H3,(H,13,14)/t8-,9+/m1/s1. The summed E-state index contributed by atoms with van der Waals surface area (Å²) in [6.45, 7) is 0.279. The van der Waals surface area contributed by atoms with Gasteiger partial charge in [0.1, 0.15) is 11.9 Å². The number of carboxylic acids is 1. The van der Waals surface area contributed by atoms with Crippen molar-refractivity contribution in [1.29, 1.82) is 0 Å². The normalized spacial score (nSPS) is 23.4. The maximum absolute atomic E-state index is 10.7. The number of carboxylic acid groups (broad SMARTS) is 1. The van der Waals surface area contributed by atoms with Crippen molar-refractivity contribution < 1.29 is 24.1 Å². The highest BCUT2D eigenvalue weighted by atomic mass is 16.6. The summed E-state index contributed by atoms with van der Waals surface area (Å²) in [5.41, 5.74) is 0. The molecule has 1 N–H and O–H groups in total. The number of aromatic nitrogens is 1. The van der Waals surface area contributed by atoms with Crippen LogP contribution in [0, 0.1) is 0 Å². The van der Waals surface area contributed by atoms with E-state index in [-0.39, 0.29) is 12.7 Å². The first kappa shape index (κ1) is 11.7. The highest BCUT2D eigenvalue weighted by Gasteiger charge is 2.32. The van der Waals surface area contributed by atoms with Crippen LogP contribution in [-0.2, 0) is 9.53 Å². The summed E-state index contributed by atoms with van der Waals surface area (Å²) in [5, 5.41) is 8.77. The van der Waals surface area contributed by atoms with Crippen LogP contribution >= 0.6 is 0 Å². The molecular weight excluding hydrogens is 226 g/mol. The molecule has 0 radical (unpaired) electrons. The maximum Gasteiger partial charge on any atom is 0.332 e. The second-order valence-electron chi connectivity index (χ2n) is 3.67. The minimum Gasteiger partial charge on any atom is -0.488 e. The van der Waals surface area contributed by atoms with E-state index in [2.05, 4.69) is 4.98 Å². The van der Waals surface area contributed by atoms with Gasteiger partial charge in [0.2, 0.25) is 5.88 Å². The zero-order valence-corrected chi connectivity index (χ0v) is 9.33. The highest BCUT2D eigenvalue weighted by molar-refractivity contribution is 5.72. The van der Waals surface area contributed by atoms with Crippen LogP contribution in [0.2, 0.25) is 0 Å². The fourth-order valence-corrected chi connectivity index (χ4v) is 1.62. The fourth-order valence-electron chi connectivity index (χ4n) is 1.62. The Morgan fingerprint density at radius 3 is 3.12 bits per heavy atom. The van der Waals surface area contributed by atoms with Gasteiger partial charge in [0, 0.05) is 18.7 Å².